The van der Waals surface area contributed by atoms with Crippen molar-refractivity contribution in [1.29, 1.82) is 5.26 Å². The zero-order chi connectivity index (χ0) is 25.8. The molecule has 1 heterocycles. The van der Waals surface area contributed by atoms with Gasteiger partial charge in [-0.15, -0.1) is 10.2 Å². The molecule has 0 atom stereocenters. The molecule has 4 rings (SSSR count). The number of rotatable bonds is 8. The Kier molecular flexibility index (Phi) is 6.78. The molecule has 36 heavy (non-hydrogen) atoms. The van der Waals surface area contributed by atoms with E-state index in [0.29, 0.717) is 28.1 Å². The van der Waals surface area contributed by atoms with Crippen molar-refractivity contribution in [3.63, 3.8) is 0 Å². The normalized spacial score (nSPS) is 12.2. The van der Waals surface area contributed by atoms with E-state index in [1.54, 1.807) is 24.3 Å². The minimum Gasteiger partial charge on any atom is -0.494 e. The van der Waals surface area contributed by atoms with Gasteiger partial charge in [-0.2, -0.15) is 5.26 Å². The summed E-state index contributed by atoms with van der Waals surface area (Å²) in [6.07, 6.45) is 1.64. The predicted molar refractivity (Wildman–Crippen MR) is 130 cm³/mol. The van der Waals surface area contributed by atoms with Gasteiger partial charge >= 0.3 is 5.97 Å². The molecule has 1 saturated carbocycles. The number of carboxylic acid groups (broad SMARTS) is 1. The number of aromatic nitrogens is 2. The summed E-state index contributed by atoms with van der Waals surface area (Å²) in [7, 11) is 2.89. The zero-order valence-corrected chi connectivity index (χ0v) is 19.5. The standard InChI is InChI=1S/C25H22N6O5/c1-27-24(33)21-18(11-19(30-31-21)29-23(32)14-5-6-14)28-17-10-9-16(12-26)20(22(17)36-2)13-3-7-15(8-4-13)25(34)35/h3-4,7-11,14H,5-6H2,1-2H3,(H,27,33)(H,34,35)(H2,28,29,30,32). The summed E-state index contributed by atoms with van der Waals surface area (Å²) in [6.45, 7) is 0. The second-order valence-electron chi connectivity index (χ2n) is 8.02. The van der Waals surface area contributed by atoms with E-state index in [9.17, 15) is 24.8 Å². The summed E-state index contributed by atoms with van der Waals surface area (Å²) in [6, 6.07) is 12.9. The Balaban J connectivity index is 1.78. The van der Waals surface area contributed by atoms with Crippen molar-refractivity contribution >= 4 is 35.0 Å². The maximum absolute atomic E-state index is 12.4. The van der Waals surface area contributed by atoms with E-state index in [1.165, 1.54) is 32.4 Å². The number of hydrogen-bond acceptors (Lipinski definition) is 8. The van der Waals surface area contributed by atoms with Crippen molar-refractivity contribution in [1.82, 2.24) is 15.5 Å². The molecule has 1 aromatic heterocycles. The molecular weight excluding hydrogens is 464 g/mol. The first-order valence-electron chi connectivity index (χ1n) is 11.0. The van der Waals surface area contributed by atoms with Crippen LogP contribution in [0.3, 0.4) is 0 Å². The highest BCUT2D eigenvalue weighted by molar-refractivity contribution is 6.00. The Labute approximate surface area is 206 Å². The number of hydrogen-bond donors (Lipinski definition) is 4. The molecule has 1 aliphatic rings. The maximum atomic E-state index is 12.4. The maximum Gasteiger partial charge on any atom is 0.335 e. The van der Waals surface area contributed by atoms with E-state index in [1.807, 2.05) is 0 Å². The Morgan fingerprint density at radius 3 is 2.39 bits per heavy atom. The fourth-order valence-corrected chi connectivity index (χ4v) is 3.61. The Morgan fingerprint density at radius 2 is 1.81 bits per heavy atom. The Hall–Kier alpha value is -4.98. The van der Waals surface area contributed by atoms with Gasteiger partial charge in [0.1, 0.15) is 0 Å². The third-order valence-corrected chi connectivity index (χ3v) is 5.61. The first-order valence-corrected chi connectivity index (χ1v) is 11.0. The molecule has 0 radical (unpaired) electrons. The van der Waals surface area contributed by atoms with E-state index >= 15 is 0 Å². The van der Waals surface area contributed by atoms with Crippen molar-refractivity contribution in [2.45, 2.75) is 12.8 Å². The molecule has 3 aromatic rings. The molecule has 0 bridgehead atoms. The molecule has 11 heteroatoms. The van der Waals surface area contributed by atoms with E-state index in [4.69, 9.17) is 4.74 Å². The first kappa shape index (κ1) is 24.2. The molecule has 1 aliphatic carbocycles. The van der Waals surface area contributed by atoms with Crippen LogP contribution in [0.5, 0.6) is 5.75 Å². The molecule has 0 aliphatic heterocycles. The summed E-state index contributed by atoms with van der Waals surface area (Å²) in [5.41, 5.74) is 2.06. The van der Waals surface area contributed by atoms with Crippen molar-refractivity contribution in [2.24, 2.45) is 5.92 Å². The number of carbonyl (C=O) groups excluding carboxylic acids is 2. The quantitative estimate of drug-likeness (QED) is 0.374. The fraction of sp³-hybridized carbons (Fsp3) is 0.200. The average molecular weight is 486 g/mol. The van der Waals surface area contributed by atoms with E-state index < -0.39 is 11.9 Å². The number of aromatic carboxylic acids is 1. The zero-order valence-electron chi connectivity index (χ0n) is 19.5. The van der Waals surface area contributed by atoms with Gasteiger partial charge in [0.2, 0.25) is 5.91 Å². The number of amides is 2. The largest absolute Gasteiger partial charge is 0.494 e. The topological polar surface area (TPSA) is 166 Å². The highest BCUT2D eigenvalue weighted by Gasteiger charge is 2.30. The van der Waals surface area contributed by atoms with Crippen molar-refractivity contribution < 1.29 is 24.2 Å². The number of nitriles is 1. The number of benzene rings is 2. The molecule has 182 valence electrons. The SMILES string of the molecule is CNC(=O)c1nnc(NC(=O)C2CC2)cc1Nc1ccc(C#N)c(-c2ccc(C(=O)O)cc2)c1OC. The number of ether oxygens (including phenoxy) is 1. The molecule has 0 unspecified atom stereocenters. The van der Waals surface area contributed by atoms with Crippen LogP contribution in [0, 0.1) is 17.2 Å². The van der Waals surface area contributed by atoms with E-state index in [-0.39, 0.29) is 34.6 Å². The first-order chi connectivity index (χ1) is 17.4. The molecule has 0 saturated heterocycles. The van der Waals surface area contributed by atoms with Crippen molar-refractivity contribution in [3.8, 4) is 22.9 Å². The van der Waals surface area contributed by atoms with Crippen LogP contribution in [0.2, 0.25) is 0 Å². The van der Waals surface area contributed by atoms with Crippen LogP contribution in [0.1, 0.15) is 39.3 Å². The number of anilines is 3. The molecule has 2 amide bonds. The van der Waals surface area contributed by atoms with Gasteiger partial charge in [0.05, 0.1) is 35.7 Å². The lowest BCUT2D eigenvalue weighted by Gasteiger charge is -2.18. The number of nitrogens with zero attached hydrogens (tertiary/aromatic N) is 3. The molecule has 11 nitrogen and oxygen atoms in total. The number of nitrogens with one attached hydrogen (secondary N) is 3. The van der Waals surface area contributed by atoms with Crippen LogP contribution < -0.4 is 20.7 Å². The third-order valence-electron chi connectivity index (χ3n) is 5.61. The molecule has 2 aromatic carbocycles. The summed E-state index contributed by atoms with van der Waals surface area (Å²) in [5.74, 6) is -1.30. The van der Waals surface area contributed by atoms with E-state index in [0.717, 1.165) is 12.8 Å². The number of carboxylic acids is 1. The van der Waals surface area contributed by atoms with Crippen LogP contribution >= 0.6 is 0 Å². The van der Waals surface area contributed by atoms with Gasteiger partial charge in [-0.1, -0.05) is 12.1 Å². The lowest BCUT2D eigenvalue weighted by atomic mass is 9.97. The predicted octanol–water partition coefficient (Wildman–Crippen LogP) is 3.17. The molecular formula is C25H22N6O5. The lowest BCUT2D eigenvalue weighted by Crippen LogP contribution is -2.22. The summed E-state index contributed by atoms with van der Waals surface area (Å²) in [5, 5.41) is 35.2. The van der Waals surface area contributed by atoms with Crippen LogP contribution in [-0.2, 0) is 4.79 Å². The van der Waals surface area contributed by atoms with Crippen LogP contribution in [0.4, 0.5) is 17.2 Å². The lowest BCUT2D eigenvalue weighted by molar-refractivity contribution is -0.117. The fourth-order valence-electron chi connectivity index (χ4n) is 3.61. The van der Waals surface area contributed by atoms with Gasteiger partial charge in [-0.05, 0) is 42.7 Å². The molecule has 0 spiro atoms. The highest BCUT2D eigenvalue weighted by atomic mass is 16.5. The van der Waals surface area contributed by atoms with Crippen LogP contribution in [0.15, 0.2) is 42.5 Å². The van der Waals surface area contributed by atoms with Gasteiger partial charge < -0.3 is 25.8 Å². The van der Waals surface area contributed by atoms with Gasteiger partial charge in [-0.3, -0.25) is 9.59 Å². The van der Waals surface area contributed by atoms with Gasteiger partial charge in [0, 0.05) is 24.6 Å². The van der Waals surface area contributed by atoms with Crippen molar-refractivity contribution in [2.75, 3.05) is 24.8 Å². The summed E-state index contributed by atoms with van der Waals surface area (Å²) < 4.78 is 5.65. The van der Waals surface area contributed by atoms with Crippen molar-refractivity contribution in [3.05, 3.63) is 59.3 Å². The van der Waals surface area contributed by atoms with Gasteiger partial charge in [0.25, 0.3) is 5.91 Å². The van der Waals surface area contributed by atoms with E-state index in [2.05, 4.69) is 32.2 Å². The minimum absolute atomic E-state index is 0.0132. The van der Waals surface area contributed by atoms with Gasteiger partial charge in [-0.25, -0.2) is 4.79 Å². The third kappa shape index (κ3) is 4.92. The second kappa shape index (κ2) is 10.1. The molecule has 1 fully saturated rings. The number of carbonyl (C=O) groups is 3. The Morgan fingerprint density at radius 1 is 1.08 bits per heavy atom. The summed E-state index contributed by atoms with van der Waals surface area (Å²) >= 11 is 0. The molecule has 4 N–H and O–H groups in total. The highest BCUT2D eigenvalue weighted by Crippen LogP contribution is 2.41. The smallest absolute Gasteiger partial charge is 0.335 e. The van der Waals surface area contributed by atoms with Crippen LogP contribution in [-0.4, -0.2) is 47.2 Å². The minimum atomic E-state index is -1.07. The summed E-state index contributed by atoms with van der Waals surface area (Å²) in [4.78, 5) is 35.9. The second-order valence-corrected chi connectivity index (χ2v) is 8.02. The average Bonchev–Trinajstić information content (AvgIpc) is 3.74. The van der Waals surface area contributed by atoms with Gasteiger partial charge in [0.15, 0.2) is 17.3 Å². The number of methoxy groups -OCH3 is 1. The monoisotopic (exact) mass is 486 g/mol. The van der Waals surface area contributed by atoms with Crippen LogP contribution in [0.25, 0.3) is 11.1 Å². The Bertz CT molecular complexity index is 1390.